The predicted octanol–water partition coefficient (Wildman–Crippen LogP) is 15.5. The SMILES string of the molecule is c1ccc(N(c2ccc(-c3ccc4ccc5ccc6ccccc6c5c4c3)cc2)c2ccc3c(c2)sc2ccccc23)c(-c2ccc3ccccc3c2)c1. The van der Waals surface area contributed by atoms with Crippen molar-refractivity contribution in [1.29, 1.82) is 0 Å². The van der Waals surface area contributed by atoms with Gasteiger partial charge in [-0.3, -0.25) is 0 Å². The quantitative estimate of drug-likeness (QED) is 0.161. The molecule has 0 radical (unpaired) electrons. The monoisotopic (exact) mass is 703 g/mol. The molecular weight excluding hydrogens is 671 g/mol. The first kappa shape index (κ1) is 30.8. The molecule has 1 aromatic heterocycles. The lowest BCUT2D eigenvalue weighted by Gasteiger charge is -2.28. The Balaban J connectivity index is 1.07. The number of thiophene rings is 1. The van der Waals surface area contributed by atoms with Gasteiger partial charge in [0.15, 0.2) is 0 Å². The topological polar surface area (TPSA) is 3.24 Å². The van der Waals surface area contributed by atoms with E-state index in [0.717, 1.165) is 17.1 Å². The van der Waals surface area contributed by atoms with E-state index in [1.807, 2.05) is 11.3 Å². The fourth-order valence-electron chi connectivity index (χ4n) is 8.36. The van der Waals surface area contributed by atoms with Crippen molar-refractivity contribution in [1.82, 2.24) is 0 Å². The first-order valence-electron chi connectivity index (χ1n) is 18.5. The third kappa shape index (κ3) is 5.07. The van der Waals surface area contributed by atoms with E-state index in [2.05, 4.69) is 205 Å². The van der Waals surface area contributed by atoms with E-state index in [0.29, 0.717) is 0 Å². The van der Waals surface area contributed by atoms with Crippen LogP contribution in [-0.2, 0) is 0 Å². The van der Waals surface area contributed by atoms with Crippen molar-refractivity contribution in [3.63, 3.8) is 0 Å². The van der Waals surface area contributed by atoms with Gasteiger partial charge >= 0.3 is 0 Å². The second-order valence-electron chi connectivity index (χ2n) is 14.1. The highest BCUT2D eigenvalue weighted by atomic mass is 32.1. The molecule has 1 heterocycles. The maximum Gasteiger partial charge on any atom is 0.0540 e. The molecule has 0 aliphatic rings. The Hall–Kier alpha value is -6.74. The van der Waals surface area contributed by atoms with Crippen LogP contribution in [0.25, 0.3) is 85.5 Å². The van der Waals surface area contributed by atoms with Crippen LogP contribution in [0.3, 0.4) is 0 Å². The molecule has 1 nitrogen and oxygen atoms in total. The second-order valence-corrected chi connectivity index (χ2v) is 15.2. The maximum atomic E-state index is 2.43. The van der Waals surface area contributed by atoms with E-state index in [-0.39, 0.29) is 0 Å². The molecule has 0 saturated heterocycles. The third-order valence-electron chi connectivity index (χ3n) is 11.0. The fraction of sp³-hybridized carbons (Fsp3) is 0. The van der Waals surface area contributed by atoms with Gasteiger partial charge in [0.05, 0.1) is 5.69 Å². The summed E-state index contributed by atoms with van der Waals surface area (Å²) < 4.78 is 2.60. The summed E-state index contributed by atoms with van der Waals surface area (Å²) in [5.74, 6) is 0. The van der Waals surface area contributed by atoms with Gasteiger partial charge in [-0.2, -0.15) is 0 Å². The molecule has 0 spiro atoms. The Morgan fingerprint density at radius 1 is 0.315 bits per heavy atom. The molecule has 0 N–H and O–H groups in total. The maximum absolute atomic E-state index is 2.43. The van der Waals surface area contributed by atoms with Gasteiger partial charge in [-0.25, -0.2) is 0 Å². The van der Waals surface area contributed by atoms with Gasteiger partial charge in [0.1, 0.15) is 0 Å². The summed E-state index contributed by atoms with van der Waals surface area (Å²) in [7, 11) is 0. The molecule has 0 aliphatic heterocycles. The van der Waals surface area contributed by atoms with Crippen LogP contribution in [0.2, 0.25) is 0 Å². The van der Waals surface area contributed by atoms with Crippen LogP contribution in [0.1, 0.15) is 0 Å². The van der Waals surface area contributed by atoms with Gasteiger partial charge in [-0.1, -0.05) is 152 Å². The molecule has 0 aliphatic carbocycles. The number of nitrogens with zero attached hydrogens (tertiary/aromatic N) is 1. The molecule has 0 unspecified atom stereocenters. The Labute approximate surface area is 317 Å². The highest BCUT2D eigenvalue weighted by molar-refractivity contribution is 7.25. The zero-order valence-electron chi connectivity index (χ0n) is 29.4. The van der Waals surface area contributed by atoms with Crippen molar-refractivity contribution in [2.24, 2.45) is 0 Å². The summed E-state index contributed by atoms with van der Waals surface area (Å²) in [6, 6.07) is 73.6. The minimum Gasteiger partial charge on any atom is -0.310 e. The molecule has 54 heavy (non-hydrogen) atoms. The standard InChI is InChI=1S/C52H33NS/c1-2-11-39-31-41(24-17-34(39)9-1)44-12-5-7-15-49(44)53(43-29-30-47-46-14-6-8-16-50(46)54-51(47)33-43)42-27-25-35(26-28-42)40-23-20-37-19-22-38-21-18-36-10-3-4-13-45(36)52(38)48(37)32-40/h1-33H. The van der Waals surface area contributed by atoms with E-state index in [1.165, 1.54) is 85.5 Å². The summed E-state index contributed by atoms with van der Waals surface area (Å²) >= 11 is 1.86. The average molecular weight is 704 g/mol. The van der Waals surface area contributed by atoms with Crippen molar-refractivity contribution in [3.05, 3.63) is 200 Å². The first-order valence-corrected chi connectivity index (χ1v) is 19.3. The minimum atomic E-state index is 1.12. The van der Waals surface area contributed by atoms with Gasteiger partial charge in [0, 0.05) is 37.1 Å². The lowest BCUT2D eigenvalue weighted by atomic mass is 9.94. The van der Waals surface area contributed by atoms with Crippen LogP contribution in [0, 0.1) is 0 Å². The van der Waals surface area contributed by atoms with E-state index in [1.54, 1.807) is 0 Å². The Morgan fingerprint density at radius 3 is 1.78 bits per heavy atom. The average Bonchev–Trinajstić information content (AvgIpc) is 3.61. The molecule has 252 valence electrons. The summed E-state index contributed by atoms with van der Waals surface area (Å²) in [6.45, 7) is 0. The van der Waals surface area contributed by atoms with Crippen LogP contribution >= 0.6 is 11.3 Å². The number of para-hydroxylation sites is 1. The smallest absolute Gasteiger partial charge is 0.0540 e. The molecule has 10 aromatic carbocycles. The predicted molar refractivity (Wildman–Crippen MR) is 235 cm³/mol. The Morgan fingerprint density at radius 2 is 0.907 bits per heavy atom. The number of anilines is 3. The van der Waals surface area contributed by atoms with E-state index in [9.17, 15) is 0 Å². The molecular formula is C52H33NS. The van der Waals surface area contributed by atoms with Crippen molar-refractivity contribution in [2.75, 3.05) is 4.90 Å². The zero-order chi connectivity index (χ0) is 35.6. The van der Waals surface area contributed by atoms with Gasteiger partial charge in [-0.15, -0.1) is 11.3 Å². The van der Waals surface area contributed by atoms with E-state index < -0.39 is 0 Å². The highest BCUT2D eigenvalue weighted by Crippen LogP contribution is 2.45. The van der Waals surface area contributed by atoms with Crippen LogP contribution in [0.4, 0.5) is 17.1 Å². The second kappa shape index (κ2) is 12.4. The molecule has 0 amide bonds. The van der Waals surface area contributed by atoms with E-state index in [4.69, 9.17) is 0 Å². The Bertz CT molecular complexity index is 3220. The van der Waals surface area contributed by atoms with Gasteiger partial charge in [0.2, 0.25) is 0 Å². The number of hydrogen-bond acceptors (Lipinski definition) is 2. The molecule has 0 fully saturated rings. The zero-order valence-corrected chi connectivity index (χ0v) is 30.2. The third-order valence-corrected chi connectivity index (χ3v) is 12.1. The van der Waals surface area contributed by atoms with Gasteiger partial charge in [0.25, 0.3) is 0 Å². The van der Waals surface area contributed by atoms with E-state index >= 15 is 0 Å². The first-order chi connectivity index (χ1) is 26.7. The lowest BCUT2D eigenvalue weighted by molar-refractivity contribution is 1.29. The summed E-state index contributed by atoms with van der Waals surface area (Å²) in [5.41, 5.74) is 8.20. The largest absolute Gasteiger partial charge is 0.310 e. The summed E-state index contributed by atoms with van der Waals surface area (Å²) in [4.78, 5) is 2.43. The number of rotatable bonds is 5. The lowest BCUT2D eigenvalue weighted by Crippen LogP contribution is -2.11. The molecule has 0 saturated carbocycles. The number of hydrogen-bond donors (Lipinski definition) is 0. The number of fused-ring (bicyclic) bond motifs is 9. The summed E-state index contributed by atoms with van der Waals surface area (Å²) in [5, 5.41) is 12.8. The molecule has 11 rings (SSSR count). The molecule has 0 bridgehead atoms. The van der Waals surface area contributed by atoms with Gasteiger partial charge in [-0.05, 0) is 108 Å². The molecule has 0 atom stereocenters. The van der Waals surface area contributed by atoms with Crippen molar-refractivity contribution >= 4 is 91.7 Å². The molecule has 11 aromatic rings. The van der Waals surface area contributed by atoms with Gasteiger partial charge < -0.3 is 4.90 Å². The Kier molecular flexibility index (Phi) is 7.11. The molecule has 2 heteroatoms. The van der Waals surface area contributed by atoms with Crippen molar-refractivity contribution in [2.45, 2.75) is 0 Å². The normalized spacial score (nSPS) is 11.7. The van der Waals surface area contributed by atoms with Crippen LogP contribution in [0.15, 0.2) is 200 Å². The number of benzene rings is 10. The highest BCUT2D eigenvalue weighted by Gasteiger charge is 2.19. The summed E-state index contributed by atoms with van der Waals surface area (Å²) in [6.07, 6.45) is 0. The van der Waals surface area contributed by atoms with Crippen molar-refractivity contribution < 1.29 is 0 Å². The van der Waals surface area contributed by atoms with Crippen LogP contribution in [-0.4, -0.2) is 0 Å². The van der Waals surface area contributed by atoms with Crippen LogP contribution < -0.4 is 4.90 Å². The van der Waals surface area contributed by atoms with Crippen molar-refractivity contribution in [3.8, 4) is 22.3 Å². The fourth-order valence-corrected chi connectivity index (χ4v) is 9.50. The minimum absolute atomic E-state index is 1.12. The van der Waals surface area contributed by atoms with Crippen LogP contribution in [0.5, 0.6) is 0 Å².